The molecule has 1 N–H and O–H groups in total. The van der Waals surface area contributed by atoms with Crippen molar-refractivity contribution in [3.63, 3.8) is 0 Å². The summed E-state index contributed by atoms with van der Waals surface area (Å²) in [5, 5.41) is 10.2. The Hall–Kier alpha value is -0.740. The maximum Gasteiger partial charge on any atom is 0.128 e. The third kappa shape index (κ3) is 4.02. The third-order valence-corrected chi connectivity index (χ3v) is 3.57. The molecule has 0 aliphatic heterocycles. The summed E-state index contributed by atoms with van der Waals surface area (Å²) >= 11 is 0. The molecule has 0 radical (unpaired) electrons. The average Bonchev–Trinajstić information content (AvgIpc) is 2.17. The number of aliphatic hydroxyl groups is 1. The van der Waals surface area contributed by atoms with E-state index in [4.69, 9.17) is 6.42 Å². The zero-order valence-corrected chi connectivity index (χ0v) is 11.4. The van der Waals surface area contributed by atoms with Crippen molar-refractivity contribution in [1.29, 1.82) is 0 Å². The molecule has 0 saturated carbocycles. The second-order valence-corrected chi connectivity index (χ2v) is 5.34. The molecule has 0 fully saturated rings. The van der Waals surface area contributed by atoms with E-state index in [1.165, 1.54) is 0 Å². The van der Waals surface area contributed by atoms with Crippen LogP contribution in [0, 0.1) is 30.1 Å². The van der Waals surface area contributed by atoms with Gasteiger partial charge in [0.2, 0.25) is 0 Å². The molecule has 0 aliphatic carbocycles. The van der Waals surface area contributed by atoms with Gasteiger partial charge in [0.05, 0.1) is 0 Å². The average molecular weight is 222 g/mol. The molecule has 0 rings (SSSR count). The van der Waals surface area contributed by atoms with Gasteiger partial charge in [-0.25, -0.2) is 0 Å². The Kier molecular flexibility index (Phi) is 5.83. The Labute approximate surface area is 101 Å². The third-order valence-electron chi connectivity index (χ3n) is 3.57. The first-order valence-electron chi connectivity index (χ1n) is 6.11. The summed E-state index contributed by atoms with van der Waals surface area (Å²) < 4.78 is 0. The second kappa shape index (κ2) is 6.11. The first-order chi connectivity index (χ1) is 7.26. The van der Waals surface area contributed by atoms with Gasteiger partial charge in [0.1, 0.15) is 5.60 Å². The van der Waals surface area contributed by atoms with Crippen molar-refractivity contribution in [1.82, 2.24) is 0 Å². The van der Waals surface area contributed by atoms with E-state index in [2.05, 4.69) is 33.3 Å². The maximum atomic E-state index is 10.2. The molecule has 0 aliphatic rings. The van der Waals surface area contributed by atoms with Crippen LogP contribution in [0.3, 0.4) is 0 Å². The summed E-state index contributed by atoms with van der Waals surface area (Å²) in [6, 6.07) is 0. The smallest absolute Gasteiger partial charge is 0.128 e. The van der Waals surface area contributed by atoms with Gasteiger partial charge in [-0.1, -0.05) is 45.3 Å². The molecular formula is C15H26O. The Morgan fingerprint density at radius 1 is 1.50 bits per heavy atom. The van der Waals surface area contributed by atoms with Gasteiger partial charge < -0.3 is 5.11 Å². The molecule has 0 saturated heterocycles. The van der Waals surface area contributed by atoms with Gasteiger partial charge in [-0.05, 0) is 32.1 Å². The fraction of sp³-hybridized carbons (Fsp3) is 0.733. The summed E-state index contributed by atoms with van der Waals surface area (Å²) in [6.07, 6.45) is 7.43. The van der Waals surface area contributed by atoms with E-state index in [0.717, 1.165) is 18.4 Å². The van der Waals surface area contributed by atoms with Crippen LogP contribution >= 0.6 is 0 Å². The maximum absolute atomic E-state index is 10.2. The Morgan fingerprint density at radius 2 is 2.00 bits per heavy atom. The molecule has 92 valence electrons. The molecular weight excluding hydrogens is 196 g/mol. The first kappa shape index (κ1) is 15.3. The lowest BCUT2D eigenvalue weighted by atomic mass is 9.75. The molecule has 0 heterocycles. The van der Waals surface area contributed by atoms with Crippen LogP contribution < -0.4 is 0 Å². The molecule has 3 unspecified atom stereocenters. The van der Waals surface area contributed by atoms with Gasteiger partial charge in [-0.3, -0.25) is 0 Å². The standard InChI is InChI=1S/C15H26O/c1-8-13(11(3)4)10-14(12(5)6)15(7,16)9-2/h2,11,13-14,16H,5,8,10H2,1,3-4,6-7H3. The van der Waals surface area contributed by atoms with Crippen molar-refractivity contribution < 1.29 is 5.11 Å². The minimum absolute atomic E-state index is 0.00940. The highest BCUT2D eigenvalue weighted by atomic mass is 16.3. The zero-order valence-electron chi connectivity index (χ0n) is 11.4. The highest BCUT2D eigenvalue weighted by Crippen LogP contribution is 2.33. The minimum Gasteiger partial charge on any atom is -0.377 e. The van der Waals surface area contributed by atoms with E-state index in [1.54, 1.807) is 6.92 Å². The van der Waals surface area contributed by atoms with Crippen molar-refractivity contribution >= 4 is 0 Å². The Balaban J connectivity index is 4.84. The second-order valence-electron chi connectivity index (χ2n) is 5.34. The van der Waals surface area contributed by atoms with Gasteiger partial charge >= 0.3 is 0 Å². The number of hydrogen-bond donors (Lipinski definition) is 1. The van der Waals surface area contributed by atoms with Crippen LogP contribution in [-0.4, -0.2) is 10.7 Å². The van der Waals surface area contributed by atoms with Gasteiger partial charge in [0, 0.05) is 5.92 Å². The summed E-state index contributed by atoms with van der Waals surface area (Å²) in [7, 11) is 0. The fourth-order valence-corrected chi connectivity index (χ4v) is 2.22. The van der Waals surface area contributed by atoms with Crippen molar-refractivity contribution in [2.45, 2.75) is 53.1 Å². The van der Waals surface area contributed by atoms with Crippen LogP contribution in [-0.2, 0) is 0 Å². The number of rotatable bonds is 6. The molecule has 1 heteroatoms. The molecule has 3 atom stereocenters. The van der Waals surface area contributed by atoms with Crippen molar-refractivity contribution in [2.75, 3.05) is 0 Å². The largest absolute Gasteiger partial charge is 0.377 e. The molecule has 16 heavy (non-hydrogen) atoms. The minimum atomic E-state index is -1.08. The van der Waals surface area contributed by atoms with Crippen LogP contribution in [0.5, 0.6) is 0 Å². The summed E-state index contributed by atoms with van der Waals surface area (Å²) in [4.78, 5) is 0. The van der Waals surface area contributed by atoms with E-state index in [9.17, 15) is 5.11 Å². The first-order valence-corrected chi connectivity index (χ1v) is 6.11. The van der Waals surface area contributed by atoms with Gasteiger partial charge in [0.25, 0.3) is 0 Å². The molecule has 0 aromatic carbocycles. The molecule has 0 aromatic rings. The van der Waals surface area contributed by atoms with Crippen LogP contribution in [0.25, 0.3) is 0 Å². The van der Waals surface area contributed by atoms with Crippen LogP contribution in [0.1, 0.15) is 47.5 Å². The van der Waals surface area contributed by atoms with E-state index in [1.807, 2.05) is 6.92 Å². The lowest BCUT2D eigenvalue weighted by molar-refractivity contribution is 0.0559. The molecule has 0 aromatic heterocycles. The summed E-state index contributed by atoms with van der Waals surface area (Å²) in [5.74, 6) is 3.67. The van der Waals surface area contributed by atoms with Crippen LogP contribution in [0.4, 0.5) is 0 Å². The number of hydrogen-bond acceptors (Lipinski definition) is 1. The number of terminal acetylenes is 1. The summed E-state index contributed by atoms with van der Waals surface area (Å²) in [5.41, 5.74) is -0.101. The van der Waals surface area contributed by atoms with Gasteiger partial charge in [0.15, 0.2) is 0 Å². The lowest BCUT2D eigenvalue weighted by Gasteiger charge is -2.33. The van der Waals surface area contributed by atoms with Crippen LogP contribution in [0.2, 0.25) is 0 Å². The van der Waals surface area contributed by atoms with E-state index < -0.39 is 5.60 Å². The zero-order chi connectivity index (χ0) is 12.9. The molecule has 0 spiro atoms. The normalized spacial score (nSPS) is 18.6. The van der Waals surface area contributed by atoms with Gasteiger partial charge in [-0.2, -0.15) is 0 Å². The highest BCUT2D eigenvalue weighted by molar-refractivity contribution is 5.16. The van der Waals surface area contributed by atoms with Crippen molar-refractivity contribution in [3.05, 3.63) is 12.2 Å². The fourth-order valence-electron chi connectivity index (χ4n) is 2.22. The Morgan fingerprint density at radius 3 is 2.25 bits per heavy atom. The molecule has 0 bridgehead atoms. The summed E-state index contributed by atoms with van der Waals surface area (Å²) in [6.45, 7) is 14.2. The lowest BCUT2D eigenvalue weighted by Crippen LogP contribution is -2.35. The monoisotopic (exact) mass is 222 g/mol. The molecule has 1 nitrogen and oxygen atoms in total. The molecule has 0 amide bonds. The van der Waals surface area contributed by atoms with E-state index in [-0.39, 0.29) is 5.92 Å². The Bertz CT molecular complexity index is 268. The predicted molar refractivity (Wildman–Crippen MR) is 71.0 cm³/mol. The SMILES string of the molecule is C#CC(C)(O)C(CC(CC)C(C)C)C(=C)C. The van der Waals surface area contributed by atoms with E-state index >= 15 is 0 Å². The topological polar surface area (TPSA) is 20.2 Å². The van der Waals surface area contributed by atoms with Crippen LogP contribution in [0.15, 0.2) is 12.2 Å². The van der Waals surface area contributed by atoms with Gasteiger partial charge in [-0.15, -0.1) is 6.42 Å². The predicted octanol–water partition coefficient (Wildman–Crippen LogP) is 3.64. The van der Waals surface area contributed by atoms with E-state index in [0.29, 0.717) is 11.8 Å². The quantitative estimate of drug-likeness (QED) is 0.537. The van der Waals surface area contributed by atoms with Crippen molar-refractivity contribution in [2.24, 2.45) is 17.8 Å². The van der Waals surface area contributed by atoms with Crippen molar-refractivity contribution in [3.8, 4) is 12.3 Å². The highest BCUT2D eigenvalue weighted by Gasteiger charge is 2.32.